The van der Waals surface area contributed by atoms with Gasteiger partial charge in [0, 0.05) is 18.0 Å². The number of carboxylic acids is 1. The Morgan fingerprint density at radius 3 is 2.75 bits per heavy atom. The minimum atomic E-state index is -3.68. The normalized spacial score (nSPS) is 20.2. The number of rotatable bonds is 4. The summed E-state index contributed by atoms with van der Waals surface area (Å²) < 4.78 is 25.5. The Morgan fingerprint density at radius 1 is 1.25 bits per heavy atom. The van der Waals surface area contributed by atoms with E-state index in [1.807, 2.05) is 12.1 Å². The van der Waals surface area contributed by atoms with Crippen molar-refractivity contribution in [3.8, 4) is 0 Å². The molecule has 124 valence electrons. The van der Waals surface area contributed by atoms with Gasteiger partial charge < -0.3 is 10.0 Å². The molecule has 1 unspecified atom stereocenters. The topological polar surface area (TPSA) is 87.6 Å². The molecule has 0 amide bonds. The lowest BCUT2D eigenvalue weighted by atomic mass is 10.0. The molecule has 0 saturated carbocycles. The number of fused-ring (bicyclic) bond motifs is 2. The van der Waals surface area contributed by atoms with E-state index in [-0.39, 0.29) is 22.5 Å². The third-order valence-corrected chi connectivity index (χ3v) is 6.30. The van der Waals surface area contributed by atoms with Crippen LogP contribution in [0.1, 0.15) is 12.8 Å². The largest absolute Gasteiger partial charge is 0.477 e. The van der Waals surface area contributed by atoms with Crippen LogP contribution in [0, 0.1) is 0 Å². The quantitative estimate of drug-likeness (QED) is 0.910. The van der Waals surface area contributed by atoms with E-state index in [9.17, 15) is 18.3 Å². The van der Waals surface area contributed by atoms with Gasteiger partial charge in [-0.2, -0.15) is 0 Å². The second kappa shape index (κ2) is 5.31. The van der Waals surface area contributed by atoms with Gasteiger partial charge in [0.2, 0.25) is 0 Å². The number of aromatic nitrogens is 1. The van der Waals surface area contributed by atoms with Crippen molar-refractivity contribution >= 4 is 26.7 Å². The zero-order valence-corrected chi connectivity index (χ0v) is 13.7. The van der Waals surface area contributed by atoms with Crippen LogP contribution in [0.25, 0.3) is 10.9 Å². The molecule has 3 heterocycles. The molecule has 1 atom stereocenters. The molecule has 0 spiro atoms. The fraction of sp³-hybridized carbons (Fsp3) is 0.294. The summed E-state index contributed by atoms with van der Waals surface area (Å²) in [7, 11) is -3.68. The van der Waals surface area contributed by atoms with Gasteiger partial charge in [-0.05, 0) is 36.6 Å². The highest BCUT2D eigenvalue weighted by molar-refractivity contribution is 7.91. The van der Waals surface area contributed by atoms with E-state index in [0.717, 1.165) is 11.8 Å². The summed E-state index contributed by atoms with van der Waals surface area (Å²) in [5.74, 6) is -1.33. The fourth-order valence-electron chi connectivity index (χ4n) is 3.46. The molecule has 2 aliphatic rings. The highest BCUT2D eigenvalue weighted by Crippen LogP contribution is 2.38. The summed E-state index contributed by atoms with van der Waals surface area (Å²) in [6, 6.07) is 10.7. The average molecular weight is 344 g/mol. The van der Waals surface area contributed by atoms with Crippen molar-refractivity contribution in [3.63, 3.8) is 0 Å². The number of carboxylic acid groups (broad SMARTS) is 1. The maximum absolute atomic E-state index is 12.7. The number of pyridine rings is 1. The number of para-hydroxylation sites is 1. The molecule has 24 heavy (non-hydrogen) atoms. The minimum Gasteiger partial charge on any atom is -0.477 e. The maximum Gasteiger partial charge on any atom is 0.352 e. The van der Waals surface area contributed by atoms with Crippen molar-refractivity contribution in [2.24, 2.45) is 0 Å². The summed E-state index contributed by atoms with van der Waals surface area (Å²) in [4.78, 5) is 17.5. The van der Waals surface area contributed by atoms with E-state index in [0.29, 0.717) is 24.1 Å². The fourth-order valence-corrected chi connectivity index (χ4v) is 4.83. The lowest BCUT2D eigenvalue weighted by Crippen LogP contribution is -2.44. The Kier molecular flexibility index (Phi) is 3.35. The monoisotopic (exact) mass is 344 g/mol. The molecule has 0 bridgehead atoms. The number of carbonyl (C=O) groups is 1. The van der Waals surface area contributed by atoms with E-state index in [1.165, 1.54) is 6.07 Å². The average Bonchev–Trinajstić information content (AvgIpc) is 2.77. The first-order valence-electron chi connectivity index (χ1n) is 7.76. The summed E-state index contributed by atoms with van der Waals surface area (Å²) in [5.41, 5.74) is 1.26. The van der Waals surface area contributed by atoms with E-state index >= 15 is 0 Å². The van der Waals surface area contributed by atoms with Crippen LogP contribution < -0.4 is 0 Å². The summed E-state index contributed by atoms with van der Waals surface area (Å²) in [5, 5.41) is 10.3. The number of sulfone groups is 1. The first-order valence-corrected chi connectivity index (χ1v) is 9.41. The van der Waals surface area contributed by atoms with Crippen LogP contribution in [0.2, 0.25) is 0 Å². The van der Waals surface area contributed by atoms with Crippen molar-refractivity contribution in [2.45, 2.75) is 23.9 Å². The molecule has 6 nitrogen and oxygen atoms in total. The van der Waals surface area contributed by atoms with E-state index < -0.39 is 15.8 Å². The number of benzene rings is 1. The van der Waals surface area contributed by atoms with Gasteiger partial charge in [-0.1, -0.05) is 18.2 Å². The Morgan fingerprint density at radius 2 is 2.04 bits per heavy atom. The molecule has 0 aliphatic carbocycles. The van der Waals surface area contributed by atoms with Gasteiger partial charge in [0.05, 0.1) is 11.3 Å². The molecular formula is C17H16N2O4S. The van der Waals surface area contributed by atoms with Crippen LogP contribution in [-0.2, 0) is 14.6 Å². The van der Waals surface area contributed by atoms with Gasteiger partial charge in [0.25, 0.3) is 0 Å². The van der Waals surface area contributed by atoms with Crippen LogP contribution >= 0.6 is 0 Å². The van der Waals surface area contributed by atoms with Gasteiger partial charge in [-0.15, -0.1) is 0 Å². The zero-order chi connectivity index (χ0) is 16.9. The van der Waals surface area contributed by atoms with Gasteiger partial charge >= 0.3 is 5.97 Å². The van der Waals surface area contributed by atoms with Crippen LogP contribution in [0.15, 0.2) is 52.7 Å². The zero-order valence-electron chi connectivity index (χ0n) is 12.8. The van der Waals surface area contributed by atoms with E-state index in [1.54, 1.807) is 23.1 Å². The molecule has 2 aromatic rings. The smallest absolute Gasteiger partial charge is 0.352 e. The van der Waals surface area contributed by atoms with Gasteiger partial charge in [0.15, 0.2) is 14.9 Å². The number of hydrogen-bond acceptors (Lipinski definition) is 5. The number of nitrogens with zero attached hydrogens (tertiary/aromatic N) is 2. The molecule has 7 heteroatoms. The number of hydrogen-bond donors (Lipinski definition) is 1. The first-order chi connectivity index (χ1) is 11.5. The summed E-state index contributed by atoms with van der Waals surface area (Å²) >= 11 is 0. The predicted octanol–water partition coefficient (Wildman–Crippen LogP) is 1.83. The Labute approximate surface area is 139 Å². The van der Waals surface area contributed by atoms with Crippen molar-refractivity contribution in [1.29, 1.82) is 0 Å². The van der Waals surface area contributed by atoms with Crippen molar-refractivity contribution in [3.05, 3.63) is 47.7 Å². The second-order valence-corrected chi connectivity index (χ2v) is 8.14. The third kappa shape index (κ3) is 2.36. The van der Waals surface area contributed by atoms with Gasteiger partial charge in [0.1, 0.15) is 5.70 Å². The molecule has 1 N–H and O–H groups in total. The van der Waals surface area contributed by atoms with Crippen molar-refractivity contribution in [2.75, 3.05) is 12.3 Å². The van der Waals surface area contributed by atoms with E-state index in [2.05, 4.69) is 4.98 Å². The van der Waals surface area contributed by atoms with Crippen LogP contribution in [0.3, 0.4) is 0 Å². The Hall–Kier alpha value is -2.41. The molecule has 2 aliphatic heterocycles. The van der Waals surface area contributed by atoms with Gasteiger partial charge in [-0.3, -0.25) is 0 Å². The highest BCUT2D eigenvalue weighted by Gasteiger charge is 2.42. The number of aliphatic carboxylic acids is 1. The standard InChI is InChI=1S/C17H16N2O4S/c20-17(21)16-12(9-13-7-8-19(13)16)10-24(22,23)15-6-5-11-3-1-2-4-14(11)18-15/h1-6,13H,7-10H2,(H,20,21). The summed E-state index contributed by atoms with van der Waals surface area (Å²) in [6.45, 7) is 0.685. The SMILES string of the molecule is O=C(O)C1=C(CS(=O)(=O)c2ccc3ccccc3n2)CC2CCN12. The first kappa shape index (κ1) is 15.1. The van der Waals surface area contributed by atoms with Crippen LogP contribution in [0.4, 0.5) is 0 Å². The second-order valence-electron chi connectivity index (χ2n) is 6.20. The van der Waals surface area contributed by atoms with Crippen LogP contribution in [0.5, 0.6) is 0 Å². The molecule has 1 aromatic heterocycles. The Balaban J connectivity index is 1.70. The molecular weight excluding hydrogens is 328 g/mol. The molecule has 4 rings (SSSR count). The van der Waals surface area contributed by atoms with E-state index in [4.69, 9.17) is 0 Å². The predicted molar refractivity (Wildman–Crippen MR) is 88.2 cm³/mol. The van der Waals surface area contributed by atoms with Gasteiger partial charge in [-0.25, -0.2) is 18.2 Å². The highest BCUT2D eigenvalue weighted by atomic mass is 32.2. The molecule has 1 aromatic carbocycles. The summed E-state index contributed by atoms with van der Waals surface area (Å²) in [6.07, 6.45) is 1.42. The van der Waals surface area contributed by atoms with Crippen molar-refractivity contribution in [1.82, 2.24) is 9.88 Å². The van der Waals surface area contributed by atoms with Crippen LogP contribution in [-0.4, -0.2) is 47.7 Å². The minimum absolute atomic E-state index is 0.00677. The molecule has 1 fully saturated rings. The molecule has 0 radical (unpaired) electrons. The molecule has 1 saturated heterocycles. The Bertz CT molecular complexity index is 981. The lowest BCUT2D eigenvalue weighted by Gasteiger charge is -2.37. The lowest BCUT2D eigenvalue weighted by molar-refractivity contribution is -0.135. The third-order valence-electron chi connectivity index (χ3n) is 4.71. The maximum atomic E-state index is 12.7. The van der Waals surface area contributed by atoms with Crippen molar-refractivity contribution < 1.29 is 18.3 Å².